The molecule has 2 aromatic rings. The summed E-state index contributed by atoms with van der Waals surface area (Å²) in [7, 11) is 0. The number of halogens is 1. The summed E-state index contributed by atoms with van der Waals surface area (Å²) in [6, 6.07) is 14.2. The average Bonchev–Trinajstić information content (AvgIpc) is 2.41. The lowest BCUT2D eigenvalue weighted by atomic mass is 10.2. The molecular weight excluding hydrogens is 326 g/mol. The first kappa shape index (κ1) is 13.7. The van der Waals surface area contributed by atoms with E-state index < -0.39 is 5.97 Å². The van der Waals surface area contributed by atoms with Crippen molar-refractivity contribution in [3.63, 3.8) is 0 Å². The van der Waals surface area contributed by atoms with E-state index in [-0.39, 0.29) is 5.56 Å². The van der Waals surface area contributed by atoms with Gasteiger partial charge in [0.25, 0.3) is 0 Å². The van der Waals surface area contributed by atoms with Gasteiger partial charge in [0, 0.05) is 14.3 Å². The summed E-state index contributed by atoms with van der Waals surface area (Å²) in [4.78, 5) is 12.7. The van der Waals surface area contributed by atoms with Crippen molar-refractivity contribution in [1.82, 2.24) is 0 Å². The van der Waals surface area contributed by atoms with Crippen molar-refractivity contribution < 1.29 is 9.90 Å². The molecule has 0 amide bonds. The van der Waals surface area contributed by atoms with E-state index >= 15 is 0 Å². The van der Waals surface area contributed by atoms with Gasteiger partial charge in [-0.2, -0.15) is 5.26 Å². The van der Waals surface area contributed by atoms with E-state index in [9.17, 15) is 9.90 Å². The van der Waals surface area contributed by atoms with Crippen molar-refractivity contribution in [2.45, 2.75) is 9.79 Å². The molecule has 0 heterocycles. The van der Waals surface area contributed by atoms with Gasteiger partial charge in [0.15, 0.2) is 0 Å². The molecular formula is C14H8BrNO2S. The molecule has 1 N–H and O–H groups in total. The zero-order valence-corrected chi connectivity index (χ0v) is 12.0. The van der Waals surface area contributed by atoms with Crippen LogP contribution in [0.25, 0.3) is 0 Å². The predicted octanol–water partition coefficient (Wildman–Crippen LogP) is 4.17. The van der Waals surface area contributed by atoms with Gasteiger partial charge in [0.1, 0.15) is 0 Å². The van der Waals surface area contributed by atoms with Gasteiger partial charge >= 0.3 is 5.97 Å². The SMILES string of the molecule is N#Cc1ccc(Sc2ccc(Br)cc2C(=O)O)cc1. The quantitative estimate of drug-likeness (QED) is 0.915. The van der Waals surface area contributed by atoms with Gasteiger partial charge in [-0.25, -0.2) is 4.79 Å². The van der Waals surface area contributed by atoms with Gasteiger partial charge in [-0.05, 0) is 42.5 Å². The summed E-state index contributed by atoms with van der Waals surface area (Å²) < 4.78 is 0.731. The highest BCUT2D eigenvalue weighted by molar-refractivity contribution is 9.10. The zero-order valence-electron chi connectivity index (χ0n) is 9.63. The molecule has 0 bridgehead atoms. The minimum atomic E-state index is -0.961. The van der Waals surface area contributed by atoms with Crippen LogP contribution in [0.5, 0.6) is 0 Å². The van der Waals surface area contributed by atoms with Gasteiger partial charge in [-0.1, -0.05) is 27.7 Å². The Bertz CT molecular complexity index is 662. The normalized spacial score (nSPS) is 9.89. The molecule has 0 unspecified atom stereocenters. The number of hydrogen-bond acceptors (Lipinski definition) is 3. The summed E-state index contributed by atoms with van der Waals surface area (Å²) >= 11 is 4.62. The van der Waals surface area contributed by atoms with E-state index in [1.165, 1.54) is 11.8 Å². The van der Waals surface area contributed by atoms with Crippen molar-refractivity contribution in [2.24, 2.45) is 0 Å². The Morgan fingerprint density at radius 2 is 1.89 bits per heavy atom. The number of aromatic carboxylic acids is 1. The fraction of sp³-hybridized carbons (Fsp3) is 0. The lowest BCUT2D eigenvalue weighted by Crippen LogP contribution is -1.98. The Hall–Kier alpha value is -1.77. The minimum Gasteiger partial charge on any atom is -0.478 e. The van der Waals surface area contributed by atoms with Crippen LogP contribution in [0.15, 0.2) is 56.7 Å². The van der Waals surface area contributed by atoms with Crippen LogP contribution in [0, 0.1) is 11.3 Å². The molecule has 0 aliphatic carbocycles. The highest BCUT2D eigenvalue weighted by Crippen LogP contribution is 2.32. The smallest absolute Gasteiger partial charge is 0.336 e. The fourth-order valence-electron chi connectivity index (χ4n) is 1.48. The van der Waals surface area contributed by atoms with Crippen LogP contribution in [0.3, 0.4) is 0 Å². The standard InChI is InChI=1S/C14H8BrNO2S/c15-10-3-6-13(12(7-10)14(17)18)19-11-4-1-9(8-16)2-5-11/h1-7H,(H,17,18). The molecule has 0 saturated heterocycles. The summed E-state index contributed by atoms with van der Waals surface area (Å²) in [5.74, 6) is -0.961. The zero-order chi connectivity index (χ0) is 13.8. The Labute approximate surface area is 123 Å². The highest BCUT2D eigenvalue weighted by atomic mass is 79.9. The molecule has 0 fully saturated rings. The summed E-state index contributed by atoms with van der Waals surface area (Å²) in [5, 5.41) is 17.9. The van der Waals surface area contributed by atoms with Crippen molar-refractivity contribution >= 4 is 33.7 Å². The van der Waals surface area contributed by atoms with E-state index in [0.717, 1.165) is 9.37 Å². The third kappa shape index (κ3) is 3.37. The highest BCUT2D eigenvalue weighted by Gasteiger charge is 2.11. The number of benzene rings is 2. The van der Waals surface area contributed by atoms with E-state index in [2.05, 4.69) is 15.9 Å². The third-order valence-corrected chi connectivity index (χ3v) is 3.96. The van der Waals surface area contributed by atoms with Crippen molar-refractivity contribution in [1.29, 1.82) is 5.26 Å². The molecule has 0 atom stereocenters. The summed E-state index contributed by atoms with van der Waals surface area (Å²) in [6.45, 7) is 0. The molecule has 94 valence electrons. The Morgan fingerprint density at radius 1 is 1.21 bits per heavy atom. The van der Waals surface area contributed by atoms with Gasteiger partial charge in [-0.3, -0.25) is 0 Å². The van der Waals surface area contributed by atoms with Crippen LogP contribution in [0.4, 0.5) is 0 Å². The Balaban J connectivity index is 2.32. The predicted molar refractivity (Wildman–Crippen MR) is 76.4 cm³/mol. The maximum atomic E-state index is 11.2. The molecule has 0 aliphatic heterocycles. The molecule has 0 saturated carbocycles. The number of carbonyl (C=O) groups is 1. The number of rotatable bonds is 3. The third-order valence-electron chi connectivity index (χ3n) is 2.38. The molecule has 0 aliphatic rings. The largest absolute Gasteiger partial charge is 0.478 e. The van der Waals surface area contributed by atoms with Crippen LogP contribution < -0.4 is 0 Å². The second kappa shape index (κ2) is 5.91. The van der Waals surface area contributed by atoms with Crippen LogP contribution in [0.2, 0.25) is 0 Å². The topological polar surface area (TPSA) is 61.1 Å². The van der Waals surface area contributed by atoms with Crippen LogP contribution >= 0.6 is 27.7 Å². The molecule has 0 aromatic heterocycles. The number of carboxylic acid groups (broad SMARTS) is 1. The number of hydrogen-bond donors (Lipinski definition) is 1. The second-order valence-corrected chi connectivity index (χ2v) is 5.71. The van der Waals surface area contributed by atoms with E-state index in [1.807, 2.05) is 6.07 Å². The lowest BCUT2D eigenvalue weighted by Gasteiger charge is -2.06. The van der Waals surface area contributed by atoms with Crippen LogP contribution in [-0.4, -0.2) is 11.1 Å². The van der Waals surface area contributed by atoms with Gasteiger partial charge in [0.2, 0.25) is 0 Å². The fourth-order valence-corrected chi connectivity index (χ4v) is 2.76. The van der Waals surface area contributed by atoms with Gasteiger partial charge in [-0.15, -0.1) is 0 Å². The van der Waals surface area contributed by atoms with Crippen LogP contribution in [-0.2, 0) is 0 Å². The number of nitriles is 1. The van der Waals surface area contributed by atoms with Gasteiger partial charge < -0.3 is 5.11 Å². The molecule has 2 rings (SSSR count). The maximum Gasteiger partial charge on any atom is 0.336 e. The minimum absolute atomic E-state index is 0.253. The Morgan fingerprint density at radius 3 is 2.47 bits per heavy atom. The molecule has 5 heteroatoms. The van der Waals surface area contributed by atoms with E-state index in [4.69, 9.17) is 5.26 Å². The van der Waals surface area contributed by atoms with Crippen molar-refractivity contribution in [3.8, 4) is 6.07 Å². The summed E-state index contributed by atoms with van der Waals surface area (Å²) in [5.41, 5.74) is 0.836. The van der Waals surface area contributed by atoms with E-state index in [0.29, 0.717) is 10.5 Å². The average molecular weight is 334 g/mol. The van der Waals surface area contributed by atoms with Gasteiger partial charge in [0.05, 0.1) is 17.2 Å². The second-order valence-electron chi connectivity index (χ2n) is 3.68. The first-order valence-electron chi connectivity index (χ1n) is 5.31. The van der Waals surface area contributed by atoms with E-state index in [1.54, 1.807) is 42.5 Å². The molecule has 19 heavy (non-hydrogen) atoms. The molecule has 0 spiro atoms. The molecule has 3 nitrogen and oxygen atoms in total. The van der Waals surface area contributed by atoms with Crippen LogP contribution in [0.1, 0.15) is 15.9 Å². The summed E-state index contributed by atoms with van der Waals surface area (Å²) in [6.07, 6.45) is 0. The monoisotopic (exact) mass is 333 g/mol. The Kier molecular flexibility index (Phi) is 4.25. The first-order chi connectivity index (χ1) is 9.10. The lowest BCUT2D eigenvalue weighted by molar-refractivity contribution is 0.0693. The number of carboxylic acids is 1. The van der Waals surface area contributed by atoms with Crippen molar-refractivity contribution in [2.75, 3.05) is 0 Å². The molecule has 0 radical (unpaired) electrons. The number of nitrogens with zero attached hydrogens (tertiary/aromatic N) is 1. The first-order valence-corrected chi connectivity index (χ1v) is 6.92. The van der Waals surface area contributed by atoms with Crippen molar-refractivity contribution in [3.05, 3.63) is 58.1 Å². The molecule has 2 aromatic carbocycles. The maximum absolute atomic E-state index is 11.2.